The zero-order chi connectivity index (χ0) is 18.5. The molecule has 0 spiro atoms. The molecule has 3 rings (SSSR count). The highest BCUT2D eigenvalue weighted by molar-refractivity contribution is 5.96. The van der Waals surface area contributed by atoms with E-state index in [0.29, 0.717) is 11.3 Å². The highest BCUT2D eigenvalue weighted by Gasteiger charge is 3.03. The largest absolute Gasteiger partial charge is 0.431 e. The third-order valence-corrected chi connectivity index (χ3v) is 5.26. The first-order valence-corrected chi connectivity index (χ1v) is 7.60. The second kappa shape index (κ2) is 4.82. The first-order chi connectivity index (χ1) is 11.8. The number of rotatable bonds is 3. The van der Waals surface area contributed by atoms with Gasteiger partial charge in [0.1, 0.15) is 5.41 Å². The lowest BCUT2D eigenvalue weighted by molar-refractivity contribution is -0.236. The predicted octanol–water partition coefficient (Wildman–Crippen LogP) is 2.82. The Hall–Kier alpha value is -3.37. The van der Waals surface area contributed by atoms with Crippen LogP contribution in [0, 0.1) is 55.6 Å². The Morgan fingerprint density at radius 1 is 1.12 bits per heavy atom. The second-order valence-corrected chi connectivity index (χ2v) is 6.50. The van der Waals surface area contributed by atoms with Crippen LogP contribution in [0.4, 0.5) is 0 Å². The van der Waals surface area contributed by atoms with E-state index in [2.05, 4.69) is 5.16 Å². The van der Waals surface area contributed by atoms with Crippen LogP contribution in [0.2, 0.25) is 0 Å². The summed E-state index contributed by atoms with van der Waals surface area (Å²) >= 11 is 0. The van der Waals surface area contributed by atoms with E-state index in [1.165, 1.54) is 0 Å². The summed E-state index contributed by atoms with van der Waals surface area (Å²) in [6.07, 6.45) is 0. The quantitative estimate of drug-likeness (QED) is 0.672. The molecule has 3 atom stereocenters. The molecule has 1 saturated heterocycles. The van der Waals surface area contributed by atoms with E-state index in [4.69, 9.17) is 15.0 Å². The van der Waals surface area contributed by atoms with Crippen molar-refractivity contribution in [2.24, 2.45) is 21.4 Å². The summed E-state index contributed by atoms with van der Waals surface area (Å²) < 4.78 is 5.73. The predicted molar refractivity (Wildman–Crippen MR) is 86.6 cm³/mol. The fraction of sp³-hybridized carbons (Fsp3) is 0.389. The average Bonchev–Trinajstić information content (AvgIpc) is 3.05. The van der Waals surface area contributed by atoms with Crippen molar-refractivity contribution in [3.05, 3.63) is 35.9 Å². The van der Waals surface area contributed by atoms with E-state index >= 15 is 0 Å². The number of hydrogen-bond donors (Lipinski definition) is 1. The van der Waals surface area contributed by atoms with Crippen molar-refractivity contribution in [1.82, 2.24) is 0 Å². The Morgan fingerprint density at radius 2 is 1.72 bits per heavy atom. The fourth-order valence-electron chi connectivity index (χ4n) is 3.92. The van der Waals surface area contributed by atoms with Gasteiger partial charge in [-0.05, 0) is 20.8 Å². The highest BCUT2D eigenvalue weighted by Crippen LogP contribution is 2.87. The summed E-state index contributed by atoms with van der Waals surface area (Å²) in [6, 6.07) is 14.6. The minimum Gasteiger partial charge on any atom is -0.431 e. The van der Waals surface area contributed by atoms with Crippen LogP contribution in [0.1, 0.15) is 26.3 Å². The zero-order valence-corrected chi connectivity index (χ0v) is 14.0. The SMILES string of the molecule is CC(C)=NO[C@@]1(c2ccccc2)OC(=N)[C@@]2(C#N)C(C#N)(C#N)[C@@]12C. The van der Waals surface area contributed by atoms with E-state index in [1.54, 1.807) is 51.1 Å². The first-order valence-electron chi connectivity index (χ1n) is 7.60. The molecule has 0 aromatic heterocycles. The smallest absolute Gasteiger partial charge is 0.313 e. The molecular weight excluding hydrogens is 318 g/mol. The molecule has 7 heteroatoms. The maximum atomic E-state index is 9.79. The number of hydrogen-bond acceptors (Lipinski definition) is 7. The molecule has 124 valence electrons. The molecule has 0 amide bonds. The summed E-state index contributed by atoms with van der Waals surface area (Å²) in [6.45, 7) is 5.00. The lowest BCUT2D eigenvalue weighted by Gasteiger charge is -2.34. The number of benzene rings is 1. The van der Waals surface area contributed by atoms with Gasteiger partial charge in [-0.1, -0.05) is 35.5 Å². The van der Waals surface area contributed by atoms with Crippen molar-refractivity contribution in [2.75, 3.05) is 0 Å². The van der Waals surface area contributed by atoms with Crippen LogP contribution >= 0.6 is 0 Å². The normalized spacial score (nSPS) is 33.7. The standard InChI is InChI=1S/C18H15N5O2/c1-12(2)23-25-18(13-7-5-4-6-8-13)15(3)16(9-19,10-20)17(15,11-21)14(22)24-18/h4-8,22H,1-3H3/t15-,17-,18-/m1/s1. The first kappa shape index (κ1) is 16.5. The van der Waals surface area contributed by atoms with Crippen LogP contribution in [0.5, 0.6) is 0 Å². The lowest BCUT2D eigenvalue weighted by Crippen LogP contribution is -2.41. The van der Waals surface area contributed by atoms with Gasteiger partial charge in [-0.15, -0.1) is 0 Å². The van der Waals surface area contributed by atoms with Gasteiger partial charge in [-0.3, -0.25) is 5.41 Å². The average molecular weight is 333 g/mol. The fourth-order valence-corrected chi connectivity index (χ4v) is 3.92. The van der Waals surface area contributed by atoms with Gasteiger partial charge in [-0.25, -0.2) is 0 Å². The van der Waals surface area contributed by atoms with Crippen LogP contribution < -0.4 is 0 Å². The summed E-state index contributed by atoms with van der Waals surface area (Å²) in [5.41, 5.74) is -3.82. The topological polar surface area (TPSA) is 126 Å². The summed E-state index contributed by atoms with van der Waals surface area (Å²) in [4.78, 5) is 5.72. The van der Waals surface area contributed by atoms with Crippen molar-refractivity contribution < 1.29 is 9.57 Å². The van der Waals surface area contributed by atoms with Crippen LogP contribution in [0.3, 0.4) is 0 Å². The van der Waals surface area contributed by atoms with Gasteiger partial charge >= 0.3 is 5.79 Å². The van der Waals surface area contributed by atoms with Gasteiger partial charge in [0.05, 0.1) is 23.9 Å². The van der Waals surface area contributed by atoms with Crippen LogP contribution in [-0.2, 0) is 15.4 Å². The maximum absolute atomic E-state index is 9.79. The zero-order valence-electron chi connectivity index (χ0n) is 14.0. The molecule has 7 nitrogen and oxygen atoms in total. The Morgan fingerprint density at radius 3 is 2.16 bits per heavy atom. The lowest BCUT2D eigenvalue weighted by atomic mass is 9.83. The molecule has 1 aromatic carbocycles. The molecule has 1 N–H and O–H groups in total. The van der Waals surface area contributed by atoms with E-state index in [1.807, 2.05) is 18.2 Å². The number of nitrogens with zero attached hydrogens (tertiary/aromatic N) is 4. The van der Waals surface area contributed by atoms with Crippen LogP contribution in [0.25, 0.3) is 0 Å². The number of ether oxygens (including phenoxy) is 1. The van der Waals surface area contributed by atoms with Crippen molar-refractivity contribution in [3.63, 3.8) is 0 Å². The molecule has 1 aromatic rings. The van der Waals surface area contributed by atoms with Crippen molar-refractivity contribution >= 4 is 11.6 Å². The number of oxime groups is 1. The van der Waals surface area contributed by atoms with Gasteiger partial charge in [0.2, 0.25) is 5.90 Å². The highest BCUT2D eigenvalue weighted by atomic mass is 16.8. The van der Waals surface area contributed by atoms with Crippen molar-refractivity contribution in [2.45, 2.75) is 26.6 Å². The second-order valence-electron chi connectivity index (χ2n) is 6.50. The van der Waals surface area contributed by atoms with Crippen LogP contribution in [0.15, 0.2) is 35.5 Å². The molecule has 2 fully saturated rings. The number of fused-ring (bicyclic) bond motifs is 1. The third-order valence-electron chi connectivity index (χ3n) is 5.26. The molecule has 0 radical (unpaired) electrons. The van der Waals surface area contributed by atoms with Crippen molar-refractivity contribution in [3.8, 4) is 18.2 Å². The van der Waals surface area contributed by atoms with E-state index in [0.717, 1.165) is 0 Å². The van der Waals surface area contributed by atoms with Gasteiger partial charge in [0.25, 0.3) is 0 Å². The molecule has 2 aliphatic rings. The molecular formula is C18H15N5O2. The van der Waals surface area contributed by atoms with E-state index in [9.17, 15) is 15.8 Å². The Kier molecular flexibility index (Phi) is 3.18. The van der Waals surface area contributed by atoms with E-state index < -0.39 is 27.9 Å². The van der Waals surface area contributed by atoms with E-state index in [-0.39, 0.29) is 0 Å². The minimum atomic E-state index is -1.77. The van der Waals surface area contributed by atoms with Crippen molar-refractivity contribution in [1.29, 1.82) is 21.2 Å². The number of nitriles is 3. The Balaban J connectivity index is 2.34. The summed E-state index contributed by atoms with van der Waals surface area (Å²) in [5, 5.41) is 41.5. The third kappa shape index (κ3) is 1.44. The monoisotopic (exact) mass is 333 g/mol. The van der Waals surface area contributed by atoms with Gasteiger partial charge in [-0.2, -0.15) is 15.8 Å². The Bertz CT molecular complexity index is 902. The van der Waals surface area contributed by atoms with Gasteiger partial charge in [0, 0.05) is 5.56 Å². The van der Waals surface area contributed by atoms with Gasteiger partial charge in [0.15, 0.2) is 10.8 Å². The maximum Gasteiger partial charge on any atom is 0.313 e. The van der Waals surface area contributed by atoms with Crippen LogP contribution in [-0.4, -0.2) is 11.6 Å². The van der Waals surface area contributed by atoms with Gasteiger partial charge < -0.3 is 9.57 Å². The molecule has 1 heterocycles. The number of nitrogens with one attached hydrogen (secondary N) is 1. The molecule has 25 heavy (non-hydrogen) atoms. The summed E-state index contributed by atoms with van der Waals surface area (Å²) in [7, 11) is 0. The minimum absolute atomic E-state index is 0.451. The molecule has 0 bridgehead atoms. The molecule has 0 unspecified atom stereocenters. The molecule has 1 saturated carbocycles. The Labute approximate surface area is 145 Å². The summed E-state index contributed by atoms with van der Waals surface area (Å²) in [5.74, 6) is -2.17. The molecule has 1 aliphatic carbocycles. The molecule has 1 aliphatic heterocycles.